The molecule has 0 saturated carbocycles. The van der Waals surface area contributed by atoms with Crippen molar-refractivity contribution in [3.8, 4) is 11.1 Å². The molecular formula is C23H23NO4. The van der Waals surface area contributed by atoms with Gasteiger partial charge in [-0.3, -0.25) is 10.0 Å². The van der Waals surface area contributed by atoms with E-state index < -0.39 is 17.6 Å². The lowest BCUT2D eigenvalue weighted by Crippen LogP contribution is -2.50. The first-order chi connectivity index (χ1) is 13.5. The van der Waals surface area contributed by atoms with Crippen molar-refractivity contribution in [1.82, 2.24) is 5.48 Å². The molecule has 0 unspecified atom stereocenters. The minimum atomic E-state index is -1.66. The maximum Gasteiger partial charge on any atom is 0.278 e. The summed E-state index contributed by atoms with van der Waals surface area (Å²) < 4.78 is 5.81. The number of ether oxygens (including phenoxy) is 1. The highest BCUT2D eigenvalue weighted by Crippen LogP contribution is 2.31. The Labute approximate surface area is 164 Å². The molecule has 0 radical (unpaired) electrons. The summed E-state index contributed by atoms with van der Waals surface area (Å²) >= 11 is 0. The molecule has 3 aromatic carbocycles. The highest BCUT2D eigenvalue weighted by molar-refractivity contribution is 5.84. The molecule has 2 atom stereocenters. The molecule has 0 aliphatic rings. The topological polar surface area (TPSA) is 78.8 Å². The van der Waals surface area contributed by atoms with Crippen LogP contribution in [0.5, 0.6) is 0 Å². The van der Waals surface area contributed by atoms with Gasteiger partial charge in [0.2, 0.25) is 0 Å². The number of hydrogen-bond donors (Lipinski definition) is 3. The normalized spacial score (nSPS) is 14.1. The first kappa shape index (κ1) is 19.8. The Kier molecular flexibility index (Phi) is 6.21. The van der Waals surface area contributed by atoms with Crippen molar-refractivity contribution in [2.24, 2.45) is 0 Å². The lowest BCUT2D eigenvalue weighted by molar-refractivity contribution is -0.173. The molecule has 0 aliphatic heterocycles. The van der Waals surface area contributed by atoms with Gasteiger partial charge in [0.25, 0.3) is 5.91 Å². The second-order valence-corrected chi connectivity index (χ2v) is 6.71. The van der Waals surface area contributed by atoms with Crippen LogP contribution in [-0.4, -0.2) is 21.8 Å². The quantitative estimate of drug-likeness (QED) is 0.431. The molecule has 0 heterocycles. The van der Waals surface area contributed by atoms with Crippen molar-refractivity contribution in [2.45, 2.75) is 25.2 Å². The van der Waals surface area contributed by atoms with E-state index in [4.69, 9.17) is 9.94 Å². The summed E-state index contributed by atoms with van der Waals surface area (Å²) in [6, 6.07) is 26.5. The third kappa shape index (κ3) is 4.28. The van der Waals surface area contributed by atoms with Crippen LogP contribution in [0.15, 0.2) is 84.9 Å². The summed E-state index contributed by atoms with van der Waals surface area (Å²) in [6.07, 6.45) is -1.25. The van der Waals surface area contributed by atoms with E-state index >= 15 is 0 Å². The molecule has 144 valence electrons. The highest BCUT2D eigenvalue weighted by atomic mass is 16.5. The Morgan fingerprint density at radius 3 is 2.04 bits per heavy atom. The first-order valence-corrected chi connectivity index (χ1v) is 9.00. The molecule has 0 aromatic heterocycles. The number of rotatable bonds is 7. The van der Waals surface area contributed by atoms with Crippen LogP contribution in [0.4, 0.5) is 0 Å². The van der Waals surface area contributed by atoms with E-state index in [0.717, 1.165) is 16.7 Å². The second kappa shape index (κ2) is 8.80. The van der Waals surface area contributed by atoms with Crippen LogP contribution >= 0.6 is 0 Å². The second-order valence-electron chi connectivity index (χ2n) is 6.71. The summed E-state index contributed by atoms with van der Waals surface area (Å²) in [6.45, 7) is 1.55. The number of hydrogen-bond acceptors (Lipinski definition) is 4. The molecule has 5 nitrogen and oxygen atoms in total. The van der Waals surface area contributed by atoms with Gasteiger partial charge in [-0.25, -0.2) is 5.48 Å². The maximum absolute atomic E-state index is 12.3. The van der Waals surface area contributed by atoms with E-state index in [1.165, 1.54) is 6.92 Å². The van der Waals surface area contributed by atoms with Gasteiger partial charge in [0.1, 0.15) is 6.10 Å². The Balaban J connectivity index is 1.76. The number of aliphatic hydroxyl groups excluding tert-OH is 1. The van der Waals surface area contributed by atoms with Gasteiger partial charge in [-0.2, -0.15) is 0 Å². The summed E-state index contributed by atoms with van der Waals surface area (Å²) in [5.74, 6) is -0.815. The van der Waals surface area contributed by atoms with Crippen LogP contribution in [0.1, 0.15) is 24.2 Å². The lowest BCUT2D eigenvalue weighted by atomic mass is 9.91. The molecule has 0 bridgehead atoms. The fraction of sp³-hybridized carbons (Fsp3) is 0.174. The van der Waals surface area contributed by atoms with Gasteiger partial charge in [0.15, 0.2) is 5.60 Å². The van der Waals surface area contributed by atoms with E-state index in [0.29, 0.717) is 5.56 Å². The van der Waals surface area contributed by atoms with Gasteiger partial charge in [-0.05, 0) is 29.2 Å². The Morgan fingerprint density at radius 1 is 0.929 bits per heavy atom. The molecule has 5 heteroatoms. The number of aliphatic hydroxyl groups is 1. The molecule has 3 rings (SSSR count). The molecular weight excluding hydrogens is 354 g/mol. The number of hydroxylamine groups is 1. The van der Waals surface area contributed by atoms with E-state index in [1.807, 2.05) is 60.7 Å². The third-order valence-corrected chi connectivity index (χ3v) is 4.79. The molecule has 3 N–H and O–H groups in total. The zero-order valence-corrected chi connectivity index (χ0v) is 15.6. The first-order valence-electron chi connectivity index (χ1n) is 9.00. The average molecular weight is 377 g/mol. The minimum absolute atomic E-state index is 0.100. The molecule has 0 fully saturated rings. The molecule has 0 spiro atoms. The van der Waals surface area contributed by atoms with Crippen LogP contribution in [0.2, 0.25) is 0 Å². The predicted molar refractivity (Wildman–Crippen MR) is 106 cm³/mol. The minimum Gasteiger partial charge on any atom is -0.385 e. The standard InChI is InChI=1S/C23H23NO4/c1-23(22(26)24-27,21(25)20-10-6-3-7-11-20)28-16-17-12-14-19(15-13-17)18-8-4-2-5-9-18/h2-15,21,25,27H,16H2,1H3,(H,24,26)/t21-,23+/m1/s1. The average Bonchev–Trinajstić information content (AvgIpc) is 2.78. The van der Waals surface area contributed by atoms with Crippen molar-refractivity contribution < 1.29 is 19.8 Å². The van der Waals surface area contributed by atoms with Gasteiger partial charge in [0, 0.05) is 0 Å². The van der Waals surface area contributed by atoms with Gasteiger partial charge < -0.3 is 9.84 Å². The number of amides is 1. The number of nitrogens with one attached hydrogen (secondary N) is 1. The zero-order valence-electron chi connectivity index (χ0n) is 15.6. The predicted octanol–water partition coefficient (Wildman–Crippen LogP) is 3.87. The monoisotopic (exact) mass is 377 g/mol. The van der Waals surface area contributed by atoms with Crippen molar-refractivity contribution in [3.63, 3.8) is 0 Å². The summed E-state index contributed by atoms with van der Waals surface area (Å²) in [5, 5.41) is 19.9. The lowest BCUT2D eigenvalue weighted by Gasteiger charge is -2.32. The van der Waals surface area contributed by atoms with E-state index in [-0.39, 0.29) is 6.61 Å². The number of carbonyl (C=O) groups is 1. The van der Waals surface area contributed by atoms with Crippen LogP contribution in [0, 0.1) is 0 Å². The maximum atomic E-state index is 12.3. The van der Waals surface area contributed by atoms with Gasteiger partial charge in [-0.1, -0.05) is 84.9 Å². The summed E-state index contributed by atoms with van der Waals surface area (Å²) in [7, 11) is 0. The Hall–Kier alpha value is -2.99. The number of carbonyl (C=O) groups excluding carboxylic acids is 1. The Bertz CT molecular complexity index is 897. The molecule has 28 heavy (non-hydrogen) atoms. The fourth-order valence-corrected chi connectivity index (χ4v) is 2.99. The fourth-order valence-electron chi connectivity index (χ4n) is 2.99. The smallest absolute Gasteiger partial charge is 0.278 e. The molecule has 1 amide bonds. The SMILES string of the molecule is C[C@@](OCc1ccc(-c2ccccc2)cc1)(C(=O)NO)[C@H](O)c1ccccc1. The van der Waals surface area contributed by atoms with Crippen LogP contribution in [0.25, 0.3) is 11.1 Å². The molecule has 0 aliphatic carbocycles. The molecule has 0 saturated heterocycles. The van der Waals surface area contributed by atoms with E-state index in [1.54, 1.807) is 29.7 Å². The number of benzene rings is 3. The largest absolute Gasteiger partial charge is 0.385 e. The van der Waals surface area contributed by atoms with Gasteiger partial charge in [0.05, 0.1) is 6.61 Å². The van der Waals surface area contributed by atoms with E-state index in [9.17, 15) is 9.90 Å². The van der Waals surface area contributed by atoms with Crippen molar-refractivity contribution in [1.29, 1.82) is 0 Å². The van der Waals surface area contributed by atoms with Crippen molar-refractivity contribution in [3.05, 3.63) is 96.1 Å². The highest BCUT2D eigenvalue weighted by Gasteiger charge is 2.42. The van der Waals surface area contributed by atoms with Gasteiger partial charge >= 0.3 is 0 Å². The van der Waals surface area contributed by atoms with Gasteiger partial charge in [-0.15, -0.1) is 0 Å². The van der Waals surface area contributed by atoms with Crippen molar-refractivity contribution in [2.75, 3.05) is 0 Å². The van der Waals surface area contributed by atoms with Crippen LogP contribution < -0.4 is 5.48 Å². The zero-order chi connectivity index (χ0) is 20.0. The summed E-state index contributed by atoms with van der Waals surface area (Å²) in [5.41, 5.74) is 3.49. The molecule has 3 aromatic rings. The van der Waals surface area contributed by atoms with Crippen LogP contribution in [0.3, 0.4) is 0 Å². The summed E-state index contributed by atoms with van der Waals surface area (Å²) in [4.78, 5) is 12.3. The Morgan fingerprint density at radius 2 is 1.46 bits per heavy atom. The van der Waals surface area contributed by atoms with Crippen LogP contribution in [-0.2, 0) is 16.1 Å². The van der Waals surface area contributed by atoms with Crippen molar-refractivity contribution >= 4 is 5.91 Å². The van der Waals surface area contributed by atoms with E-state index in [2.05, 4.69) is 0 Å². The third-order valence-electron chi connectivity index (χ3n) is 4.79.